The van der Waals surface area contributed by atoms with Crippen LogP contribution >= 0.6 is 12.4 Å². The summed E-state index contributed by atoms with van der Waals surface area (Å²) < 4.78 is 18.2. The van der Waals surface area contributed by atoms with E-state index in [4.69, 9.17) is 4.74 Å². The molecular formula is C11H16ClFN2O. The molecule has 1 aliphatic heterocycles. The van der Waals surface area contributed by atoms with E-state index in [9.17, 15) is 4.39 Å². The van der Waals surface area contributed by atoms with E-state index < -0.39 is 0 Å². The zero-order valence-electron chi connectivity index (χ0n) is 9.13. The van der Waals surface area contributed by atoms with E-state index in [2.05, 4.69) is 10.6 Å². The molecular weight excluding hydrogens is 231 g/mol. The predicted octanol–water partition coefficient (Wildman–Crippen LogP) is 1.49. The second-order valence-electron chi connectivity index (χ2n) is 3.60. The minimum Gasteiger partial charge on any atom is -0.496 e. The number of ether oxygens (including phenoxy) is 1. The Morgan fingerprint density at radius 2 is 2.19 bits per heavy atom. The van der Waals surface area contributed by atoms with Crippen molar-refractivity contribution in [1.82, 2.24) is 10.6 Å². The van der Waals surface area contributed by atoms with Crippen molar-refractivity contribution >= 4 is 12.4 Å². The van der Waals surface area contributed by atoms with E-state index in [1.54, 1.807) is 13.2 Å². The highest BCUT2D eigenvalue weighted by Crippen LogP contribution is 2.26. The molecule has 1 saturated heterocycles. The molecule has 2 rings (SSSR count). The number of hydrogen-bond donors (Lipinski definition) is 2. The Hall–Kier alpha value is -0.840. The van der Waals surface area contributed by atoms with Crippen LogP contribution in [0.5, 0.6) is 5.75 Å². The Kier molecular flexibility index (Phi) is 4.99. The number of nitrogens with one attached hydrogen (secondary N) is 2. The van der Waals surface area contributed by atoms with Gasteiger partial charge < -0.3 is 15.4 Å². The van der Waals surface area contributed by atoms with Gasteiger partial charge in [0, 0.05) is 37.3 Å². The molecule has 1 atom stereocenters. The van der Waals surface area contributed by atoms with E-state index in [0.29, 0.717) is 5.75 Å². The Bertz CT molecular complexity index is 343. The van der Waals surface area contributed by atoms with Crippen molar-refractivity contribution in [2.24, 2.45) is 0 Å². The average Bonchev–Trinajstić information content (AvgIpc) is 2.30. The van der Waals surface area contributed by atoms with Crippen molar-refractivity contribution in [3.05, 3.63) is 29.6 Å². The first-order chi connectivity index (χ1) is 7.31. The number of piperazine rings is 1. The molecule has 0 bridgehead atoms. The van der Waals surface area contributed by atoms with Gasteiger partial charge in [0.15, 0.2) is 0 Å². The van der Waals surface area contributed by atoms with Gasteiger partial charge in [-0.3, -0.25) is 0 Å². The Labute approximate surface area is 101 Å². The molecule has 1 heterocycles. The number of rotatable bonds is 2. The zero-order chi connectivity index (χ0) is 10.7. The van der Waals surface area contributed by atoms with Crippen molar-refractivity contribution in [3.63, 3.8) is 0 Å². The van der Waals surface area contributed by atoms with E-state index in [-0.39, 0.29) is 24.3 Å². The van der Waals surface area contributed by atoms with Gasteiger partial charge in [-0.1, -0.05) is 6.07 Å². The lowest BCUT2D eigenvalue weighted by atomic mass is 10.0. The molecule has 3 nitrogen and oxygen atoms in total. The van der Waals surface area contributed by atoms with Gasteiger partial charge in [-0.15, -0.1) is 12.4 Å². The van der Waals surface area contributed by atoms with E-state index in [0.717, 1.165) is 25.2 Å². The lowest BCUT2D eigenvalue weighted by molar-refractivity contribution is 0.379. The smallest absolute Gasteiger partial charge is 0.126 e. The highest BCUT2D eigenvalue weighted by Gasteiger charge is 2.18. The van der Waals surface area contributed by atoms with E-state index in [1.807, 2.05) is 0 Å². The molecule has 0 aliphatic carbocycles. The molecule has 0 aromatic heterocycles. The summed E-state index contributed by atoms with van der Waals surface area (Å²) in [4.78, 5) is 0. The molecule has 2 N–H and O–H groups in total. The largest absolute Gasteiger partial charge is 0.496 e. The summed E-state index contributed by atoms with van der Waals surface area (Å²) in [5.41, 5.74) is 1.01. The minimum absolute atomic E-state index is 0. The molecule has 1 fully saturated rings. The highest BCUT2D eigenvalue weighted by molar-refractivity contribution is 5.85. The van der Waals surface area contributed by atoms with Gasteiger partial charge in [-0.2, -0.15) is 0 Å². The first-order valence-corrected chi connectivity index (χ1v) is 5.09. The first kappa shape index (κ1) is 13.2. The summed E-state index contributed by atoms with van der Waals surface area (Å²) >= 11 is 0. The maximum absolute atomic E-state index is 13.0. The number of halogens is 2. The monoisotopic (exact) mass is 246 g/mol. The van der Waals surface area contributed by atoms with Crippen molar-refractivity contribution in [1.29, 1.82) is 0 Å². The molecule has 0 radical (unpaired) electrons. The van der Waals surface area contributed by atoms with Crippen LogP contribution in [0.4, 0.5) is 4.39 Å². The third-order valence-electron chi connectivity index (χ3n) is 2.61. The predicted molar refractivity (Wildman–Crippen MR) is 63.8 cm³/mol. The SMILES string of the molecule is COc1cc(F)ccc1[C@H]1CNCCN1.Cl. The number of methoxy groups -OCH3 is 1. The fourth-order valence-corrected chi connectivity index (χ4v) is 1.85. The van der Waals surface area contributed by atoms with Crippen LogP contribution in [0.3, 0.4) is 0 Å². The van der Waals surface area contributed by atoms with Crippen LogP contribution in [-0.4, -0.2) is 26.7 Å². The standard InChI is InChI=1S/C11H15FN2O.ClH/c1-15-11-6-8(12)2-3-9(11)10-7-13-4-5-14-10;/h2-3,6,10,13-14H,4-5,7H2,1H3;1H/t10-;/m1./s1. The highest BCUT2D eigenvalue weighted by atomic mass is 35.5. The van der Waals surface area contributed by atoms with Crippen molar-refractivity contribution in [2.75, 3.05) is 26.7 Å². The van der Waals surface area contributed by atoms with Gasteiger partial charge >= 0.3 is 0 Å². The molecule has 16 heavy (non-hydrogen) atoms. The van der Waals surface area contributed by atoms with Gasteiger partial charge in [0.05, 0.1) is 7.11 Å². The topological polar surface area (TPSA) is 33.3 Å². The zero-order valence-corrected chi connectivity index (χ0v) is 9.94. The Balaban J connectivity index is 0.00000128. The molecule has 0 amide bonds. The summed E-state index contributed by atoms with van der Waals surface area (Å²) in [6, 6.07) is 4.87. The van der Waals surface area contributed by atoms with Crippen LogP contribution < -0.4 is 15.4 Å². The summed E-state index contributed by atoms with van der Waals surface area (Å²) in [5, 5.41) is 6.65. The van der Waals surface area contributed by atoms with Crippen molar-refractivity contribution in [3.8, 4) is 5.75 Å². The fraction of sp³-hybridized carbons (Fsp3) is 0.455. The minimum atomic E-state index is -0.264. The lowest BCUT2D eigenvalue weighted by Gasteiger charge is -2.26. The van der Waals surface area contributed by atoms with Crippen LogP contribution in [0.15, 0.2) is 18.2 Å². The molecule has 5 heteroatoms. The third kappa shape index (κ3) is 2.84. The maximum atomic E-state index is 13.0. The van der Waals surface area contributed by atoms with Gasteiger partial charge in [0.25, 0.3) is 0 Å². The molecule has 0 unspecified atom stereocenters. The molecule has 0 saturated carbocycles. The Morgan fingerprint density at radius 3 is 2.81 bits per heavy atom. The van der Waals surface area contributed by atoms with Crippen LogP contribution in [0.25, 0.3) is 0 Å². The van der Waals surface area contributed by atoms with Crippen LogP contribution in [0, 0.1) is 5.82 Å². The van der Waals surface area contributed by atoms with Crippen molar-refractivity contribution in [2.45, 2.75) is 6.04 Å². The van der Waals surface area contributed by atoms with Gasteiger partial charge in [-0.25, -0.2) is 4.39 Å². The van der Waals surface area contributed by atoms with Gasteiger partial charge in [-0.05, 0) is 6.07 Å². The molecule has 1 aromatic rings. The second kappa shape index (κ2) is 6.03. The van der Waals surface area contributed by atoms with Crippen LogP contribution in [0.2, 0.25) is 0 Å². The van der Waals surface area contributed by atoms with Crippen LogP contribution in [0.1, 0.15) is 11.6 Å². The third-order valence-corrected chi connectivity index (χ3v) is 2.61. The second-order valence-corrected chi connectivity index (χ2v) is 3.60. The van der Waals surface area contributed by atoms with E-state index in [1.165, 1.54) is 12.1 Å². The molecule has 1 aromatic carbocycles. The molecule has 0 spiro atoms. The lowest BCUT2D eigenvalue weighted by Crippen LogP contribution is -2.42. The summed E-state index contributed by atoms with van der Waals surface area (Å²) in [5.74, 6) is 0.343. The normalized spacial score (nSPS) is 20.0. The summed E-state index contributed by atoms with van der Waals surface area (Å²) in [6.45, 7) is 2.74. The average molecular weight is 247 g/mol. The number of hydrogen-bond acceptors (Lipinski definition) is 3. The fourth-order valence-electron chi connectivity index (χ4n) is 1.85. The first-order valence-electron chi connectivity index (χ1n) is 5.09. The molecule has 1 aliphatic rings. The van der Waals surface area contributed by atoms with E-state index >= 15 is 0 Å². The molecule has 90 valence electrons. The maximum Gasteiger partial charge on any atom is 0.126 e. The summed E-state index contributed by atoms with van der Waals surface area (Å²) in [7, 11) is 1.56. The number of benzene rings is 1. The van der Waals surface area contributed by atoms with Crippen molar-refractivity contribution < 1.29 is 9.13 Å². The van der Waals surface area contributed by atoms with Crippen LogP contribution in [-0.2, 0) is 0 Å². The van der Waals surface area contributed by atoms with Gasteiger partial charge in [0.1, 0.15) is 11.6 Å². The summed E-state index contributed by atoms with van der Waals surface area (Å²) in [6.07, 6.45) is 0. The van der Waals surface area contributed by atoms with Gasteiger partial charge in [0.2, 0.25) is 0 Å². The Morgan fingerprint density at radius 1 is 1.38 bits per heavy atom. The quantitative estimate of drug-likeness (QED) is 0.830.